The number of carbonyl (C=O) groups excluding carboxylic acids is 1. The summed E-state index contributed by atoms with van der Waals surface area (Å²) in [6.45, 7) is 0. The number of anilines is 1. The van der Waals surface area contributed by atoms with E-state index in [1.54, 1.807) is 35.7 Å². The van der Waals surface area contributed by atoms with E-state index in [1.165, 1.54) is 7.05 Å². The lowest BCUT2D eigenvalue weighted by Gasteiger charge is -2.07. The van der Waals surface area contributed by atoms with Crippen LogP contribution in [0.3, 0.4) is 0 Å². The number of hydrogen-bond acceptors (Lipinski definition) is 4. The van der Waals surface area contributed by atoms with Crippen LogP contribution in [0, 0.1) is 0 Å². The zero-order chi connectivity index (χ0) is 19.9. The first-order valence-electron chi connectivity index (χ1n) is 8.17. The van der Waals surface area contributed by atoms with Gasteiger partial charge >= 0.3 is 6.18 Å². The Balaban J connectivity index is 1.60. The van der Waals surface area contributed by atoms with Crippen molar-refractivity contribution < 1.29 is 18.0 Å². The van der Waals surface area contributed by atoms with Gasteiger partial charge in [-0.25, -0.2) is 0 Å². The number of nitrogens with one attached hydrogen (secondary N) is 1. The molecule has 0 spiro atoms. The van der Waals surface area contributed by atoms with E-state index in [0.717, 1.165) is 26.6 Å². The predicted octanol–water partition coefficient (Wildman–Crippen LogP) is 4.97. The highest BCUT2D eigenvalue weighted by atomic mass is 32.1. The molecule has 0 atom stereocenters. The van der Waals surface area contributed by atoms with E-state index in [9.17, 15) is 18.0 Å². The maximum Gasteiger partial charge on any atom is 0.435 e. The van der Waals surface area contributed by atoms with Gasteiger partial charge in [0.2, 0.25) is 0 Å². The maximum atomic E-state index is 12.8. The molecule has 0 saturated heterocycles. The first-order valence-corrected chi connectivity index (χ1v) is 9.05. The molecule has 0 saturated carbocycles. The smallest absolute Gasteiger partial charge is 0.307 e. The molecule has 1 aromatic carbocycles. The summed E-state index contributed by atoms with van der Waals surface area (Å²) in [5, 5.41) is 8.68. The number of aromatic nitrogens is 3. The number of thiophene rings is 1. The Bertz CT molecular complexity index is 1170. The molecule has 0 aliphatic carbocycles. The average Bonchev–Trinajstić information content (AvgIpc) is 3.31. The fourth-order valence-corrected chi connectivity index (χ4v) is 3.46. The number of alkyl halides is 3. The summed E-state index contributed by atoms with van der Waals surface area (Å²) in [6.07, 6.45) is -2.85. The molecular weight excluding hydrogens is 389 g/mol. The number of pyridine rings is 1. The Hall–Kier alpha value is -3.20. The number of carbonyl (C=O) groups is 1. The summed E-state index contributed by atoms with van der Waals surface area (Å²) < 4.78 is 39.2. The van der Waals surface area contributed by atoms with E-state index in [0.29, 0.717) is 11.1 Å². The molecule has 3 heterocycles. The van der Waals surface area contributed by atoms with Crippen LogP contribution < -0.4 is 5.32 Å². The van der Waals surface area contributed by atoms with Crippen molar-refractivity contribution in [1.82, 2.24) is 14.8 Å². The van der Waals surface area contributed by atoms with Gasteiger partial charge in [0.05, 0.1) is 5.52 Å². The highest BCUT2D eigenvalue weighted by Gasteiger charge is 2.34. The van der Waals surface area contributed by atoms with Gasteiger partial charge in [-0.15, -0.1) is 11.3 Å². The van der Waals surface area contributed by atoms with Crippen LogP contribution in [0.25, 0.3) is 21.3 Å². The van der Waals surface area contributed by atoms with Gasteiger partial charge < -0.3 is 5.32 Å². The van der Waals surface area contributed by atoms with Crippen LogP contribution in [0.4, 0.5) is 19.0 Å². The standard InChI is InChI=1S/C19H13F3N4OS/c1-26-17(9-16(25-26)19(20,21)22)24-18(27)12-5-4-11-7-13(10-23-14(11)8-12)15-3-2-6-28-15/h2-10H,1H3,(H,24,27). The van der Waals surface area contributed by atoms with Gasteiger partial charge in [-0.3, -0.25) is 14.5 Å². The third kappa shape index (κ3) is 3.48. The number of aryl methyl sites for hydroxylation is 1. The fourth-order valence-electron chi connectivity index (χ4n) is 2.75. The van der Waals surface area contributed by atoms with Gasteiger partial charge in [-0.05, 0) is 29.6 Å². The van der Waals surface area contributed by atoms with E-state index >= 15 is 0 Å². The Labute approximate surface area is 161 Å². The highest BCUT2D eigenvalue weighted by molar-refractivity contribution is 7.13. The van der Waals surface area contributed by atoms with E-state index in [-0.39, 0.29) is 5.82 Å². The molecule has 28 heavy (non-hydrogen) atoms. The van der Waals surface area contributed by atoms with E-state index in [2.05, 4.69) is 15.4 Å². The number of amides is 1. The van der Waals surface area contributed by atoms with E-state index in [4.69, 9.17) is 0 Å². The lowest BCUT2D eigenvalue weighted by molar-refractivity contribution is -0.141. The molecular formula is C19H13F3N4OS. The third-order valence-electron chi connectivity index (χ3n) is 4.16. The molecule has 0 aliphatic heterocycles. The Morgan fingerprint density at radius 1 is 1.18 bits per heavy atom. The SMILES string of the molecule is Cn1nc(C(F)(F)F)cc1NC(=O)c1ccc2cc(-c3cccs3)cnc2c1. The minimum atomic E-state index is -4.58. The molecule has 4 rings (SSSR count). The first-order chi connectivity index (χ1) is 13.3. The van der Waals surface area contributed by atoms with E-state index < -0.39 is 17.8 Å². The molecule has 3 aromatic heterocycles. The molecule has 0 unspecified atom stereocenters. The number of halogens is 3. The number of rotatable bonds is 3. The van der Waals surface area contributed by atoms with Gasteiger partial charge in [-0.2, -0.15) is 18.3 Å². The largest absolute Gasteiger partial charge is 0.435 e. The van der Waals surface area contributed by atoms with Crippen LogP contribution in [0.1, 0.15) is 16.1 Å². The van der Waals surface area contributed by atoms with Crippen molar-refractivity contribution in [3.8, 4) is 10.4 Å². The molecule has 0 bridgehead atoms. The molecule has 142 valence electrons. The molecule has 9 heteroatoms. The van der Waals surface area contributed by atoms with Crippen molar-refractivity contribution in [2.75, 3.05) is 5.32 Å². The quantitative estimate of drug-likeness (QED) is 0.526. The average molecular weight is 402 g/mol. The second kappa shape index (κ2) is 6.75. The van der Waals surface area contributed by atoms with Gasteiger partial charge in [0, 0.05) is 40.7 Å². The Kier molecular flexibility index (Phi) is 4.38. The molecule has 1 N–H and O–H groups in total. The first kappa shape index (κ1) is 18.2. The predicted molar refractivity (Wildman–Crippen MR) is 101 cm³/mol. The van der Waals surface area contributed by atoms with Crippen LogP contribution in [0.5, 0.6) is 0 Å². The van der Waals surface area contributed by atoms with Crippen molar-refractivity contribution >= 4 is 34.0 Å². The van der Waals surface area contributed by atoms with Crippen LogP contribution >= 0.6 is 11.3 Å². The monoisotopic (exact) mass is 402 g/mol. The molecule has 5 nitrogen and oxygen atoms in total. The Morgan fingerprint density at radius 3 is 2.68 bits per heavy atom. The van der Waals surface area contributed by atoms with Crippen molar-refractivity contribution in [3.63, 3.8) is 0 Å². The molecule has 0 fully saturated rings. The van der Waals surface area contributed by atoms with Crippen LogP contribution in [0.2, 0.25) is 0 Å². The lowest BCUT2D eigenvalue weighted by Crippen LogP contribution is -2.14. The van der Waals surface area contributed by atoms with Crippen LogP contribution in [0.15, 0.2) is 54.0 Å². The molecule has 1 amide bonds. The highest BCUT2D eigenvalue weighted by Crippen LogP contribution is 2.30. The lowest BCUT2D eigenvalue weighted by atomic mass is 10.1. The van der Waals surface area contributed by atoms with Gasteiger partial charge in [-0.1, -0.05) is 12.1 Å². The molecule has 0 radical (unpaired) electrons. The maximum absolute atomic E-state index is 12.8. The van der Waals surface area contributed by atoms with Gasteiger partial charge in [0.1, 0.15) is 5.82 Å². The van der Waals surface area contributed by atoms with Crippen LogP contribution in [-0.2, 0) is 13.2 Å². The zero-order valence-electron chi connectivity index (χ0n) is 14.5. The zero-order valence-corrected chi connectivity index (χ0v) is 15.3. The third-order valence-corrected chi connectivity index (χ3v) is 5.08. The number of hydrogen-bond donors (Lipinski definition) is 1. The summed E-state index contributed by atoms with van der Waals surface area (Å²) in [5.74, 6) is -0.582. The minimum absolute atomic E-state index is 0.0431. The van der Waals surface area contributed by atoms with E-state index in [1.807, 2.05) is 23.6 Å². The second-order valence-electron chi connectivity index (χ2n) is 6.10. The number of fused-ring (bicyclic) bond motifs is 1. The van der Waals surface area contributed by atoms with Crippen molar-refractivity contribution in [2.45, 2.75) is 6.18 Å². The Morgan fingerprint density at radius 2 is 2.00 bits per heavy atom. The minimum Gasteiger partial charge on any atom is -0.307 e. The van der Waals surface area contributed by atoms with Crippen molar-refractivity contribution in [3.05, 3.63) is 65.3 Å². The number of nitrogens with zero attached hydrogens (tertiary/aromatic N) is 3. The summed E-state index contributed by atoms with van der Waals surface area (Å²) in [7, 11) is 1.33. The summed E-state index contributed by atoms with van der Waals surface area (Å²) >= 11 is 1.61. The molecule has 0 aliphatic rings. The fraction of sp³-hybridized carbons (Fsp3) is 0.105. The number of benzene rings is 1. The molecule has 4 aromatic rings. The van der Waals surface area contributed by atoms with Crippen LogP contribution in [-0.4, -0.2) is 20.7 Å². The summed E-state index contributed by atoms with van der Waals surface area (Å²) in [4.78, 5) is 18.0. The second-order valence-corrected chi connectivity index (χ2v) is 7.05. The topological polar surface area (TPSA) is 59.8 Å². The van der Waals surface area contributed by atoms with Gasteiger partial charge in [0.15, 0.2) is 5.69 Å². The normalized spacial score (nSPS) is 11.7. The van der Waals surface area contributed by atoms with Gasteiger partial charge in [0.25, 0.3) is 5.91 Å². The summed E-state index contributed by atoms with van der Waals surface area (Å²) in [6, 6.07) is 11.7. The van der Waals surface area contributed by atoms with Crippen molar-refractivity contribution in [2.24, 2.45) is 7.05 Å². The van der Waals surface area contributed by atoms with Crippen molar-refractivity contribution in [1.29, 1.82) is 0 Å². The summed E-state index contributed by atoms with van der Waals surface area (Å²) in [5.41, 5.74) is 0.827.